The van der Waals surface area contributed by atoms with Gasteiger partial charge >= 0.3 is 0 Å². The molecule has 0 fully saturated rings. The molecular weight excluding hydrogens is 168 g/mol. The molecule has 70 valence electrons. The predicted molar refractivity (Wildman–Crippen MR) is 48.8 cm³/mol. The average molecular weight is 180 g/mol. The van der Waals surface area contributed by atoms with Gasteiger partial charge in [-0.2, -0.15) is 0 Å². The van der Waals surface area contributed by atoms with Gasteiger partial charge in [-0.05, 0) is 17.7 Å². The first kappa shape index (κ1) is 9.74. The van der Waals surface area contributed by atoms with E-state index in [4.69, 9.17) is 9.84 Å². The van der Waals surface area contributed by atoms with Crippen LogP contribution in [0.25, 0.3) is 0 Å². The Labute approximate surface area is 77.0 Å². The van der Waals surface area contributed by atoms with Crippen molar-refractivity contribution in [3.63, 3.8) is 0 Å². The Bertz CT molecular complexity index is 277. The fourth-order valence-electron chi connectivity index (χ4n) is 1.03. The van der Waals surface area contributed by atoms with Crippen LogP contribution in [-0.2, 0) is 11.2 Å². The Balaban J connectivity index is 2.64. The molecule has 0 atom stereocenters. The van der Waals surface area contributed by atoms with Crippen molar-refractivity contribution in [3.8, 4) is 5.75 Å². The van der Waals surface area contributed by atoms with Crippen LogP contribution in [0.1, 0.15) is 5.56 Å². The molecule has 0 unspecified atom stereocenters. The Morgan fingerprint density at radius 1 is 1.38 bits per heavy atom. The van der Waals surface area contributed by atoms with E-state index in [9.17, 15) is 4.79 Å². The van der Waals surface area contributed by atoms with Crippen LogP contribution in [0.5, 0.6) is 5.75 Å². The van der Waals surface area contributed by atoms with Gasteiger partial charge in [0, 0.05) is 6.42 Å². The van der Waals surface area contributed by atoms with E-state index in [1.165, 1.54) is 0 Å². The quantitative estimate of drug-likeness (QED) is 0.745. The molecule has 0 saturated heterocycles. The second-order valence-electron chi connectivity index (χ2n) is 2.72. The first-order chi connectivity index (χ1) is 6.26. The monoisotopic (exact) mass is 180 g/mol. The summed E-state index contributed by atoms with van der Waals surface area (Å²) in [5.74, 6) is 0.588. The topological polar surface area (TPSA) is 46.5 Å². The normalized spacial score (nSPS) is 9.69. The molecule has 0 saturated carbocycles. The van der Waals surface area contributed by atoms with E-state index in [0.29, 0.717) is 0 Å². The van der Waals surface area contributed by atoms with Crippen molar-refractivity contribution in [2.24, 2.45) is 0 Å². The molecule has 13 heavy (non-hydrogen) atoms. The molecule has 3 nitrogen and oxygen atoms in total. The number of aliphatic hydroxyl groups excluding tert-OH is 1. The van der Waals surface area contributed by atoms with Crippen molar-refractivity contribution in [2.75, 3.05) is 13.7 Å². The molecule has 1 N–H and O–H groups in total. The van der Waals surface area contributed by atoms with Crippen molar-refractivity contribution in [1.82, 2.24) is 0 Å². The van der Waals surface area contributed by atoms with Gasteiger partial charge in [0.05, 0.1) is 7.11 Å². The van der Waals surface area contributed by atoms with Crippen molar-refractivity contribution in [2.45, 2.75) is 6.42 Å². The molecule has 0 aliphatic carbocycles. The summed E-state index contributed by atoms with van der Waals surface area (Å²) in [6.45, 7) is -0.397. The zero-order chi connectivity index (χ0) is 9.68. The number of rotatable bonds is 4. The SMILES string of the molecule is COc1ccc(CC(=O)CO)cc1. The highest BCUT2D eigenvalue weighted by Gasteiger charge is 2.01. The fraction of sp³-hybridized carbons (Fsp3) is 0.300. The number of ketones is 1. The van der Waals surface area contributed by atoms with Crippen LogP contribution in [0.15, 0.2) is 24.3 Å². The van der Waals surface area contributed by atoms with Gasteiger partial charge in [-0.25, -0.2) is 0 Å². The van der Waals surface area contributed by atoms with Crippen LogP contribution in [0, 0.1) is 0 Å². The summed E-state index contributed by atoms with van der Waals surface area (Å²) in [6.07, 6.45) is 0.278. The first-order valence-corrected chi connectivity index (χ1v) is 4.01. The second-order valence-corrected chi connectivity index (χ2v) is 2.72. The van der Waals surface area contributed by atoms with Gasteiger partial charge in [0.25, 0.3) is 0 Å². The van der Waals surface area contributed by atoms with Crippen LogP contribution in [0.3, 0.4) is 0 Å². The van der Waals surface area contributed by atoms with Crippen LogP contribution in [0.4, 0.5) is 0 Å². The summed E-state index contributed by atoms with van der Waals surface area (Å²) < 4.78 is 4.97. The lowest BCUT2D eigenvalue weighted by molar-refractivity contribution is -0.121. The summed E-state index contributed by atoms with van der Waals surface area (Å²) in [4.78, 5) is 10.9. The fourth-order valence-corrected chi connectivity index (χ4v) is 1.03. The summed E-state index contributed by atoms with van der Waals surface area (Å²) in [5.41, 5.74) is 0.889. The minimum Gasteiger partial charge on any atom is -0.497 e. The number of aliphatic hydroxyl groups is 1. The Morgan fingerprint density at radius 3 is 2.46 bits per heavy atom. The summed E-state index contributed by atoms with van der Waals surface area (Å²) in [7, 11) is 1.59. The third kappa shape index (κ3) is 2.87. The molecule has 0 aliphatic rings. The highest BCUT2D eigenvalue weighted by Crippen LogP contribution is 2.11. The average Bonchev–Trinajstić information content (AvgIpc) is 2.19. The highest BCUT2D eigenvalue weighted by atomic mass is 16.5. The summed E-state index contributed by atoms with van der Waals surface area (Å²) in [6, 6.07) is 7.21. The summed E-state index contributed by atoms with van der Waals surface area (Å²) >= 11 is 0. The molecule has 0 bridgehead atoms. The van der Waals surface area contributed by atoms with E-state index < -0.39 is 6.61 Å². The molecule has 0 aliphatic heterocycles. The van der Waals surface area contributed by atoms with Gasteiger partial charge < -0.3 is 9.84 Å². The van der Waals surface area contributed by atoms with Gasteiger partial charge in [-0.15, -0.1) is 0 Å². The number of hydrogen-bond donors (Lipinski definition) is 1. The molecule has 0 heterocycles. The molecule has 0 amide bonds. The van der Waals surface area contributed by atoms with Gasteiger partial charge in [0.2, 0.25) is 0 Å². The highest BCUT2D eigenvalue weighted by molar-refractivity contribution is 5.81. The van der Waals surface area contributed by atoms with Crippen LogP contribution < -0.4 is 4.74 Å². The van der Waals surface area contributed by atoms with Crippen LogP contribution in [-0.4, -0.2) is 24.6 Å². The molecule has 0 radical (unpaired) electrons. The van der Waals surface area contributed by atoms with E-state index in [-0.39, 0.29) is 12.2 Å². The number of ether oxygens (including phenoxy) is 1. The molecule has 0 aromatic heterocycles. The molecule has 1 aromatic rings. The Hall–Kier alpha value is -1.35. The predicted octanol–water partition coefficient (Wildman–Crippen LogP) is 0.799. The zero-order valence-corrected chi connectivity index (χ0v) is 7.49. The molecule has 1 aromatic carbocycles. The van der Waals surface area contributed by atoms with E-state index in [1.54, 1.807) is 19.2 Å². The van der Waals surface area contributed by atoms with Gasteiger partial charge in [0.1, 0.15) is 12.4 Å². The number of methoxy groups -OCH3 is 1. The van der Waals surface area contributed by atoms with E-state index >= 15 is 0 Å². The van der Waals surface area contributed by atoms with Crippen molar-refractivity contribution in [3.05, 3.63) is 29.8 Å². The van der Waals surface area contributed by atoms with Gasteiger partial charge in [0.15, 0.2) is 5.78 Å². The molecular formula is C10H12O3. The smallest absolute Gasteiger partial charge is 0.162 e. The van der Waals surface area contributed by atoms with Crippen molar-refractivity contribution in [1.29, 1.82) is 0 Å². The first-order valence-electron chi connectivity index (χ1n) is 4.01. The number of Topliss-reactive ketones (excluding diaryl/α,β-unsaturated/α-hetero) is 1. The molecule has 3 heteroatoms. The number of benzene rings is 1. The zero-order valence-electron chi connectivity index (χ0n) is 7.49. The van der Waals surface area contributed by atoms with Gasteiger partial charge in [-0.3, -0.25) is 4.79 Å². The Morgan fingerprint density at radius 2 is 2.00 bits per heavy atom. The number of carbonyl (C=O) groups is 1. The third-order valence-electron chi connectivity index (χ3n) is 1.74. The maximum Gasteiger partial charge on any atom is 0.162 e. The van der Waals surface area contributed by atoms with Crippen LogP contribution >= 0.6 is 0 Å². The van der Waals surface area contributed by atoms with E-state index in [0.717, 1.165) is 11.3 Å². The largest absolute Gasteiger partial charge is 0.497 e. The second kappa shape index (κ2) is 4.62. The maximum absolute atomic E-state index is 10.9. The number of hydrogen-bond acceptors (Lipinski definition) is 3. The number of carbonyl (C=O) groups excluding carboxylic acids is 1. The minimum absolute atomic E-state index is 0.176. The van der Waals surface area contributed by atoms with Crippen LogP contribution in [0.2, 0.25) is 0 Å². The van der Waals surface area contributed by atoms with E-state index in [1.807, 2.05) is 12.1 Å². The standard InChI is InChI=1S/C10H12O3/c1-13-10-4-2-8(3-5-10)6-9(12)7-11/h2-5,11H,6-7H2,1H3. The lowest BCUT2D eigenvalue weighted by atomic mass is 10.1. The lowest BCUT2D eigenvalue weighted by Gasteiger charge is -2.01. The Kier molecular flexibility index (Phi) is 3.46. The molecule has 1 rings (SSSR count). The third-order valence-corrected chi connectivity index (χ3v) is 1.74. The van der Waals surface area contributed by atoms with E-state index in [2.05, 4.69) is 0 Å². The maximum atomic E-state index is 10.9. The van der Waals surface area contributed by atoms with Crippen molar-refractivity contribution < 1.29 is 14.6 Å². The molecule has 0 spiro atoms. The summed E-state index contributed by atoms with van der Waals surface area (Å²) in [5, 5.41) is 8.52. The lowest BCUT2D eigenvalue weighted by Crippen LogP contribution is -2.06. The van der Waals surface area contributed by atoms with Gasteiger partial charge in [-0.1, -0.05) is 12.1 Å². The van der Waals surface area contributed by atoms with Crippen molar-refractivity contribution >= 4 is 5.78 Å². The minimum atomic E-state index is -0.397.